The summed E-state index contributed by atoms with van der Waals surface area (Å²) in [6.07, 6.45) is -0.0521. The van der Waals surface area contributed by atoms with E-state index in [4.69, 9.17) is 5.11 Å². The number of aliphatic carboxylic acids is 1. The van der Waals surface area contributed by atoms with E-state index in [1.807, 2.05) is 13.8 Å². The third-order valence-corrected chi connectivity index (χ3v) is 1.89. The summed E-state index contributed by atoms with van der Waals surface area (Å²) in [6, 6.07) is -0.709. The first-order valence-corrected chi connectivity index (χ1v) is 4.72. The predicted molar refractivity (Wildman–Crippen MR) is 51.0 cm³/mol. The van der Waals surface area contributed by atoms with E-state index in [-0.39, 0.29) is 6.42 Å². The van der Waals surface area contributed by atoms with Crippen LogP contribution in [-0.2, 0) is 19.1 Å². The second-order valence-corrected chi connectivity index (χ2v) is 2.71. The summed E-state index contributed by atoms with van der Waals surface area (Å²) >= 11 is 0. The molecule has 1 aliphatic heterocycles. The van der Waals surface area contributed by atoms with Gasteiger partial charge >= 0.3 is 17.9 Å². The molecule has 2 unspecified atom stereocenters. The summed E-state index contributed by atoms with van der Waals surface area (Å²) in [6.45, 7) is 4.00. The second-order valence-electron chi connectivity index (χ2n) is 2.71. The third kappa shape index (κ3) is 3.32. The van der Waals surface area contributed by atoms with Gasteiger partial charge in [-0.15, -0.1) is 0 Å². The summed E-state index contributed by atoms with van der Waals surface area (Å²) in [5, 5.41) is 11.1. The highest BCUT2D eigenvalue weighted by molar-refractivity contribution is 6.02. The normalized spacial score (nSPS) is 25.0. The van der Waals surface area contributed by atoms with Gasteiger partial charge in [-0.2, -0.15) is 0 Å². The van der Waals surface area contributed by atoms with Crippen molar-refractivity contribution in [2.75, 3.05) is 7.05 Å². The number of nitrogens with one attached hydrogen (secondary N) is 1. The fourth-order valence-electron chi connectivity index (χ4n) is 1.11. The van der Waals surface area contributed by atoms with Crippen molar-refractivity contribution < 1.29 is 24.2 Å². The van der Waals surface area contributed by atoms with E-state index >= 15 is 0 Å². The van der Waals surface area contributed by atoms with Crippen molar-refractivity contribution in [3.63, 3.8) is 0 Å². The lowest BCUT2D eigenvalue weighted by Gasteiger charge is -2.23. The van der Waals surface area contributed by atoms with Gasteiger partial charge in [0, 0.05) is 0 Å². The Morgan fingerprint density at radius 3 is 2.33 bits per heavy atom. The standard InChI is InChI=1S/C7H9NO5.C2H6/c1-8-4-2-3(5(9)10)6(11)13-7(4)12;1-2/h3-4,8H,2H2,1H3,(H,9,10);1-2H3. The lowest BCUT2D eigenvalue weighted by molar-refractivity contribution is -0.173. The molecule has 1 fully saturated rings. The molecule has 86 valence electrons. The van der Waals surface area contributed by atoms with E-state index in [2.05, 4.69) is 10.1 Å². The van der Waals surface area contributed by atoms with Gasteiger partial charge in [0.2, 0.25) is 0 Å². The van der Waals surface area contributed by atoms with Crippen LogP contribution in [0.5, 0.6) is 0 Å². The molecule has 0 aromatic heterocycles. The number of esters is 2. The number of carboxylic acid groups (broad SMARTS) is 1. The van der Waals surface area contributed by atoms with Gasteiger partial charge in [0.05, 0.1) is 0 Å². The Bertz CT molecular complexity index is 263. The van der Waals surface area contributed by atoms with Crippen molar-refractivity contribution in [2.45, 2.75) is 26.3 Å². The number of hydrogen-bond donors (Lipinski definition) is 2. The van der Waals surface area contributed by atoms with Crippen LogP contribution in [0.1, 0.15) is 20.3 Å². The van der Waals surface area contributed by atoms with Gasteiger partial charge in [0.1, 0.15) is 6.04 Å². The maximum Gasteiger partial charge on any atom is 0.330 e. The van der Waals surface area contributed by atoms with Crippen LogP contribution in [0.15, 0.2) is 0 Å². The van der Waals surface area contributed by atoms with Gasteiger partial charge < -0.3 is 15.2 Å². The van der Waals surface area contributed by atoms with E-state index < -0.39 is 29.9 Å². The van der Waals surface area contributed by atoms with Crippen LogP contribution in [0, 0.1) is 5.92 Å². The van der Waals surface area contributed by atoms with Crippen LogP contribution in [0.25, 0.3) is 0 Å². The van der Waals surface area contributed by atoms with Gasteiger partial charge in [-0.05, 0) is 13.5 Å². The first kappa shape index (κ1) is 13.6. The minimum Gasteiger partial charge on any atom is -0.481 e. The fourth-order valence-corrected chi connectivity index (χ4v) is 1.11. The molecular weight excluding hydrogens is 202 g/mol. The Balaban J connectivity index is 0.000000921. The number of ether oxygens (including phenoxy) is 1. The first-order chi connectivity index (χ1) is 7.06. The highest BCUT2D eigenvalue weighted by Crippen LogP contribution is 2.16. The number of cyclic esters (lactones) is 2. The zero-order chi connectivity index (χ0) is 12.0. The molecule has 1 heterocycles. The molecule has 6 heteroatoms. The Labute approximate surface area is 87.6 Å². The molecule has 0 aromatic carbocycles. The van der Waals surface area contributed by atoms with Crippen LogP contribution in [0.2, 0.25) is 0 Å². The van der Waals surface area contributed by atoms with Crippen molar-refractivity contribution in [1.29, 1.82) is 0 Å². The molecular formula is C9H15NO5. The summed E-state index contributed by atoms with van der Waals surface area (Å²) in [5.74, 6) is -4.21. The number of rotatable bonds is 2. The number of likely N-dealkylation sites (N-methyl/N-ethyl adjacent to an activating group) is 1. The SMILES string of the molecule is CC.CNC1CC(C(=O)O)C(=O)OC1=O. The Morgan fingerprint density at radius 1 is 1.40 bits per heavy atom. The molecule has 1 saturated heterocycles. The van der Waals surface area contributed by atoms with Crippen molar-refractivity contribution in [2.24, 2.45) is 5.92 Å². The van der Waals surface area contributed by atoms with Crippen molar-refractivity contribution in [3.8, 4) is 0 Å². The zero-order valence-corrected chi connectivity index (χ0v) is 8.94. The first-order valence-electron chi connectivity index (χ1n) is 4.72. The highest BCUT2D eigenvalue weighted by atomic mass is 16.6. The van der Waals surface area contributed by atoms with Gasteiger partial charge in [-0.3, -0.25) is 9.59 Å². The Kier molecular flexibility index (Phi) is 5.54. The molecule has 6 nitrogen and oxygen atoms in total. The number of carbonyl (C=O) groups excluding carboxylic acids is 2. The van der Waals surface area contributed by atoms with E-state index in [1.54, 1.807) is 0 Å². The molecule has 1 aliphatic rings. The molecule has 2 N–H and O–H groups in total. The average molecular weight is 217 g/mol. The monoisotopic (exact) mass is 217 g/mol. The average Bonchev–Trinajstić information content (AvgIpc) is 2.20. The van der Waals surface area contributed by atoms with E-state index in [1.165, 1.54) is 7.05 Å². The smallest absolute Gasteiger partial charge is 0.330 e. The largest absolute Gasteiger partial charge is 0.481 e. The van der Waals surface area contributed by atoms with Crippen molar-refractivity contribution in [3.05, 3.63) is 0 Å². The van der Waals surface area contributed by atoms with Gasteiger partial charge in [-0.25, -0.2) is 4.79 Å². The minimum atomic E-state index is -1.27. The predicted octanol–water partition coefficient (Wildman–Crippen LogP) is -0.225. The van der Waals surface area contributed by atoms with E-state index in [0.717, 1.165) is 0 Å². The fraction of sp³-hybridized carbons (Fsp3) is 0.667. The Hall–Kier alpha value is -1.43. The lowest BCUT2D eigenvalue weighted by atomic mass is 9.98. The molecule has 0 aliphatic carbocycles. The number of carbonyl (C=O) groups is 3. The Morgan fingerprint density at radius 2 is 1.93 bits per heavy atom. The minimum absolute atomic E-state index is 0.0521. The van der Waals surface area contributed by atoms with E-state index in [9.17, 15) is 14.4 Å². The van der Waals surface area contributed by atoms with Crippen LogP contribution in [0.3, 0.4) is 0 Å². The summed E-state index contributed by atoms with van der Waals surface area (Å²) in [7, 11) is 1.50. The van der Waals surface area contributed by atoms with Crippen molar-refractivity contribution in [1.82, 2.24) is 5.32 Å². The maximum atomic E-state index is 10.9. The second kappa shape index (κ2) is 6.13. The highest BCUT2D eigenvalue weighted by Gasteiger charge is 2.40. The summed E-state index contributed by atoms with van der Waals surface area (Å²) < 4.78 is 4.24. The maximum absolute atomic E-state index is 10.9. The van der Waals surface area contributed by atoms with E-state index in [0.29, 0.717) is 0 Å². The van der Waals surface area contributed by atoms with Gasteiger partial charge in [-0.1, -0.05) is 13.8 Å². The zero-order valence-electron chi connectivity index (χ0n) is 8.94. The van der Waals surface area contributed by atoms with Crippen LogP contribution in [0.4, 0.5) is 0 Å². The summed E-state index contributed by atoms with van der Waals surface area (Å²) in [4.78, 5) is 32.3. The quantitative estimate of drug-likeness (QED) is 0.490. The molecule has 1 rings (SSSR count). The van der Waals surface area contributed by atoms with Crippen molar-refractivity contribution >= 4 is 17.9 Å². The lowest BCUT2D eigenvalue weighted by Crippen LogP contribution is -2.47. The molecule has 15 heavy (non-hydrogen) atoms. The molecule has 0 radical (unpaired) electrons. The molecule has 0 bridgehead atoms. The molecule has 0 spiro atoms. The van der Waals surface area contributed by atoms with Gasteiger partial charge in [0.15, 0.2) is 5.92 Å². The number of carboxylic acids is 1. The van der Waals surface area contributed by atoms with Crippen LogP contribution < -0.4 is 5.32 Å². The molecule has 0 saturated carbocycles. The molecule has 2 atom stereocenters. The summed E-state index contributed by atoms with van der Waals surface area (Å²) in [5.41, 5.74) is 0. The third-order valence-electron chi connectivity index (χ3n) is 1.89. The molecule has 0 amide bonds. The van der Waals surface area contributed by atoms with Crippen LogP contribution in [-0.4, -0.2) is 36.1 Å². The molecule has 0 aromatic rings. The van der Waals surface area contributed by atoms with Gasteiger partial charge in [0.25, 0.3) is 0 Å². The number of hydrogen-bond acceptors (Lipinski definition) is 5. The van der Waals surface area contributed by atoms with Crippen LogP contribution >= 0.6 is 0 Å². The topological polar surface area (TPSA) is 92.7 Å².